The van der Waals surface area contributed by atoms with Crippen LogP contribution in [0.1, 0.15) is 25.3 Å². The van der Waals surface area contributed by atoms with Gasteiger partial charge in [0.2, 0.25) is 10.0 Å². The average molecular weight is 375 g/mol. The fourth-order valence-corrected chi connectivity index (χ4v) is 4.86. The van der Waals surface area contributed by atoms with Gasteiger partial charge in [0.05, 0.1) is 4.90 Å². The zero-order valence-corrected chi connectivity index (χ0v) is 15.0. The molecule has 2 rings (SSSR count). The number of alkyl halides is 1. The van der Waals surface area contributed by atoms with E-state index >= 15 is 0 Å². The van der Waals surface area contributed by atoms with Crippen LogP contribution in [0.2, 0.25) is 0 Å². The van der Waals surface area contributed by atoms with E-state index in [-0.39, 0.29) is 6.04 Å². The number of benzene rings is 1. The van der Waals surface area contributed by atoms with E-state index in [0.29, 0.717) is 11.4 Å². The second-order valence-electron chi connectivity index (χ2n) is 5.57. The third kappa shape index (κ3) is 3.86. The number of hydrogen-bond donors (Lipinski definition) is 0. The number of rotatable bonds is 4. The van der Waals surface area contributed by atoms with Crippen molar-refractivity contribution in [1.29, 1.82) is 0 Å². The zero-order chi connectivity index (χ0) is 15.5. The van der Waals surface area contributed by atoms with E-state index < -0.39 is 10.0 Å². The quantitative estimate of drug-likeness (QED) is 0.760. The maximum absolute atomic E-state index is 12.9. The van der Waals surface area contributed by atoms with E-state index in [9.17, 15) is 8.42 Å². The average Bonchev–Trinajstić information content (AvgIpc) is 2.68. The third-order valence-electron chi connectivity index (χ3n) is 4.00. The summed E-state index contributed by atoms with van der Waals surface area (Å²) in [5.41, 5.74) is 1.08. The Morgan fingerprint density at radius 1 is 1.24 bits per heavy atom. The Hall–Kier alpha value is -0.430. The molecule has 1 atom stereocenters. The number of halogens is 1. The highest BCUT2D eigenvalue weighted by Crippen LogP contribution is 2.23. The first kappa shape index (κ1) is 16.9. The van der Waals surface area contributed by atoms with Crippen LogP contribution in [0.25, 0.3) is 0 Å². The monoisotopic (exact) mass is 374 g/mol. The molecule has 1 aromatic rings. The van der Waals surface area contributed by atoms with Gasteiger partial charge in [-0.15, -0.1) is 0 Å². The molecule has 4 nitrogen and oxygen atoms in total. The van der Waals surface area contributed by atoms with Gasteiger partial charge in [0.1, 0.15) is 0 Å². The molecular weight excluding hydrogens is 352 g/mol. The molecule has 0 amide bonds. The highest BCUT2D eigenvalue weighted by Gasteiger charge is 2.32. The Bertz CT molecular complexity index is 560. The third-order valence-corrected chi connectivity index (χ3v) is 6.62. The Balaban J connectivity index is 2.31. The molecule has 1 unspecified atom stereocenters. The summed E-state index contributed by atoms with van der Waals surface area (Å²) in [5, 5.41) is 0.736. The van der Waals surface area contributed by atoms with Crippen LogP contribution in [0.15, 0.2) is 29.2 Å². The normalized spacial score (nSPS) is 22.1. The Morgan fingerprint density at radius 3 is 2.48 bits per heavy atom. The molecule has 1 aliphatic rings. The highest BCUT2D eigenvalue weighted by atomic mass is 79.9. The number of sulfonamides is 1. The number of hydrogen-bond acceptors (Lipinski definition) is 3. The van der Waals surface area contributed by atoms with Crippen molar-refractivity contribution < 1.29 is 8.42 Å². The molecule has 1 saturated heterocycles. The molecule has 0 bridgehead atoms. The molecule has 0 saturated carbocycles. The van der Waals surface area contributed by atoms with Gasteiger partial charge < -0.3 is 4.90 Å². The van der Waals surface area contributed by atoms with Crippen molar-refractivity contribution in [2.75, 3.05) is 26.7 Å². The van der Waals surface area contributed by atoms with Crippen LogP contribution in [0, 0.1) is 0 Å². The smallest absolute Gasteiger partial charge is 0.243 e. The standard InChI is InChI=1S/C15H23BrN2O2S/c1-3-14-12-17(2)9-4-10-18(14)21(19,20)15-7-5-13(11-16)6-8-15/h5-8,14H,3-4,9-12H2,1-2H3. The second kappa shape index (κ2) is 7.22. The maximum Gasteiger partial charge on any atom is 0.243 e. The molecule has 0 N–H and O–H groups in total. The maximum atomic E-state index is 12.9. The van der Waals surface area contributed by atoms with E-state index in [1.165, 1.54) is 0 Å². The first-order valence-electron chi connectivity index (χ1n) is 7.34. The van der Waals surface area contributed by atoms with Crippen LogP contribution in [0.5, 0.6) is 0 Å². The predicted octanol–water partition coefficient (Wildman–Crippen LogP) is 2.69. The minimum absolute atomic E-state index is 0.0540. The Labute approximate surface area is 136 Å². The highest BCUT2D eigenvalue weighted by molar-refractivity contribution is 9.08. The lowest BCUT2D eigenvalue weighted by molar-refractivity contribution is 0.270. The van der Waals surface area contributed by atoms with Gasteiger partial charge in [-0.2, -0.15) is 4.31 Å². The fraction of sp³-hybridized carbons (Fsp3) is 0.600. The minimum atomic E-state index is -3.40. The molecular formula is C15H23BrN2O2S. The summed E-state index contributed by atoms with van der Waals surface area (Å²) in [4.78, 5) is 2.62. The summed E-state index contributed by atoms with van der Waals surface area (Å²) >= 11 is 3.38. The van der Waals surface area contributed by atoms with Gasteiger partial charge in [-0.3, -0.25) is 0 Å². The van der Waals surface area contributed by atoms with Gasteiger partial charge in [0.15, 0.2) is 0 Å². The second-order valence-corrected chi connectivity index (χ2v) is 8.02. The zero-order valence-electron chi connectivity index (χ0n) is 12.6. The van der Waals surface area contributed by atoms with E-state index in [4.69, 9.17) is 0 Å². The van der Waals surface area contributed by atoms with Gasteiger partial charge in [-0.05, 0) is 44.1 Å². The molecule has 118 valence electrons. The van der Waals surface area contributed by atoms with Crippen molar-refractivity contribution >= 4 is 26.0 Å². The molecule has 21 heavy (non-hydrogen) atoms. The van der Waals surface area contributed by atoms with Gasteiger partial charge >= 0.3 is 0 Å². The molecule has 6 heteroatoms. The first-order valence-corrected chi connectivity index (χ1v) is 9.90. The van der Waals surface area contributed by atoms with E-state index in [2.05, 4.69) is 34.8 Å². The summed E-state index contributed by atoms with van der Waals surface area (Å²) in [6, 6.07) is 7.22. The summed E-state index contributed by atoms with van der Waals surface area (Å²) in [6.07, 6.45) is 1.72. The molecule has 0 spiro atoms. The van der Waals surface area contributed by atoms with Crippen molar-refractivity contribution in [3.63, 3.8) is 0 Å². The number of likely N-dealkylation sites (N-methyl/N-ethyl adjacent to an activating group) is 1. The molecule has 1 aromatic carbocycles. The lowest BCUT2D eigenvalue weighted by atomic mass is 10.2. The summed E-state index contributed by atoms with van der Waals surface area (Å²) in [6.45, 7) is 4.41. The first-order chi connectivity index (χ1) is 9.98. The van der Waals surface area contributed by atoms with Gasteiger partial charge in [0, 0.05) is 24.5 Å². The van der Waals surface area contributed by atoms with Crippen molar-refractivity contribution in [2.45, 2.75) is 36.0 Å². The van der Waals surface area contributed by atoms with Crippen LogP contribution in [-0.2, 0) is 15.4 Å². The van der Waals surface area contributed by atoms with Crippen molar-refractivity contribution in [1.82, 2.24) is 9.21 Å². The van der Waals surface area contributed by atoms with Crippen LogP contribution in [0.3, 0.4) is 0 Å². The fourth-order valence-electron chi connectivity index (χ4n) is 2.76. The van der Waals surface area contributed by atoms with Crippen LogP contribution in [0.4, 0.5) is 0 Å². The molecule has 0 aliphatic carbocycles. The van der Waals surface area contributed by atoms with E-state index in [1.807, 2.05) is 12.1 Å². The Kier molecular flexibility index (Phi) is 5.82. The number of nitrogens with zero attached hydrogens (tertiary/aromatic N) is 2. The molecule has 1 heterocycles. The molecule has 1 fully saturated rings. The van der Waals surface area contributed by atoms with Gasteiger partial charge in [-0.1, -0.05) is 35.0 Å². The molecule has 0 radical (unpaired) electrons. The SMILES string of the molecule is CCC1CN(C)CCCN1S(=O)(=O)c1ccc(CBr)cc1. The van der Waals surface area contributed by atoms with Crippen molar-refractivity contribution in [3.05, 3.63) is 29.8 Å². The predicted molar refractivity (Wildman–Crippen MR) is 89.2 cm³/mol. The van der Waals surface area contributed by atoms with Crippen molar-refractivity contribution in [2.24, 2.45) is 0 Å². The minimum Gasteiger partial charge on any atom is -0.305 e. The largest absolute Gasteiger partial charge is 0.305 e. The van der Waals surface area contributed by atoms with E-state index in [1.54, 1.807) is 16.4 Å². The van der Waals surface area contributed by atoms with Gasteiger partial charge in [-0.25, -0.2) is 8.42 Å². The van der Waals surface area contributed by atoms with Crippen LogP contribution >= 0.6 is 15.9 Å². The lowest BCUT2D eigenvalue weighted by Crippen LogP contribution is -2.43. The topological polar surface area (TPSA) is 40.6 Å². The van der Waals surface area contributed by atoms with Crippen LogP contribution < -0.4 is 0 Å². The summed E-state index contributed by atoms with van der Waals surface area (Å²) in [7, 11) is -1.34. The Morgan fingerprint density at radius 2 is 1.90 bits per heavy atom. The van der Waals surface area contributed by atoms with Crippen molar-refractivity contribution in [3.8, 4) is 0 Å². The lowest BCUT2D eigenvalue weighted by Gasteiger charge is -2.29. The molecule has 0 aromatic heterocycles. The summed E-state index contributed by atoms with van der Waals surface area (Å²) in [5.74, 6) is 0. The van der Waals surface area contributed by atoms with E-state index in [0.717, 1.165) is 36.8 Å². The van der Waals surface area contributed by atoms with Gasteiger partial charge in [0.25, 0.3) is 0 Å². The van der Waals surface area contributed by atoms with Crippen LogP contribution in [-0.4, -0.2) is 50.3 Å². The summed E-state index contributed by atoms with van der Waals surface area (Å²) < 4.78 is 27.5. The molecule has 1 aliphatic heterocycles.